The summed E-state index contributed by atoms with van der Waals surface area (Å²) in [6.45, 7) is 6.77. The van der Waals surface area contributed by atoms with Gasteiger partial charge < -0.3 is 4.98 Å². The fourth-order valence-electron chi connectivity index (χ4n) is 2.89. The van der Waals surface area contributed by atoms with Gasteiger partial charge in [0.05, 0.1) is 0 Å². The molecule has 0 fully saturated rings. The van der Waals surface area contributed by atoms with Crippen molar-refractivity contribution in [2.75, 3.05) is 0 Å². The molecule has 108 valence electrons. The first kappa shape index (κ1) is 14.9. The van der Waals surface area contributed by atoms with Crippen molar-refractivity contribution in [1.82, 2.24) is 4.98 Å². The van der Waals surface area contributed by atoms with Crippen molar-refractivity contribution in [2.24, 2.45) is 0 Å². The highest BCUT2D eigenvalue weighted by atomic mass is 14.7. The van der Waals surface area contributed by atoms with E-state index in [1.807, 2.05) is 0 Å². The van der Waals surface area contributed by atoms with Crippen LogP contribution in [0.4, 0.5) is 0 Å². The first-order valence-corrected chi connectivity index (χ1v) is 8.03. The molecule has 0 saturated heterocycles. The van der Waals surface area contributed by atoms with Gasteiger partial charge in [-0.25, -0.2) is 0 Å². The van der Waals surface area contributed by atoms with Crippen molar-refractivity contribution in [3.05, 3.63) is 47.2 Å². The van der Waals surface area contributed by atoms with Crippen LogP contribution >= 0.6 is 0 Å². The highest BCUT2D eigenvalue weighted by molar-refractivity contribution is 5.66. The number of benzene rings is 1. The SMILES string of the molecule is CCCCc1c(C)[nH]c(-c2ccccc2)c1CCCC. The number of hydrogen-bond acceptors (Lipinski definition) is 0. The normalized spacial score (nSPS) is 10.9. The lowest BCUT2D eigenvalue weighted by molar-refractivity contribution is 0.760. The van der Waals surface area contributed by atoms with Gasteiger partial charge in [-0.05, 0) is 49.3 Å². The van der Waals surface area contributed by atoms with Gasteiger partial charge in [0.2, 0.25) is 0 Å². The highest BCUT2D eigenvalue weighted by Crippen LogP contribution is 2.30. The van der Waals surface area contributed by atoms with Crippen molar-refractivity contribution >= 4 is 0 Å². The Morgan fingerprint density at radius 3 is 2.05 bits per heavy atom. The Morgan fingerprint density at radius 1 is 0.850 bits per heavy atom. The number of nitrogens with one attached hydrogen (secondary N) is 1. The Labute approximate surface area is 123 Å². The van der Waals surface area contributed by atoms with Gasteiger partial charge in [-0.15, -0.1) is 0 Å². The molecule has 0 amide bonds. The van der Waals surface area contributed by atoms with Gasteiger partial charge in [-0.1, -0.05) is 57.0 Å². The Morgan fingerprint density at radius 2 is 1.45 bits per heavy atom. The van der Waals surface area contributed by atoms with Crippen molar-refractivity contribution in [1.29, 1.82) is 0 Å². The predicted molar refractivity (Wildman–Crippen MR) is 88.2 cm³/mol. The van der Waals surface area contributed by atoms with E-state index in [4.69, 9.17) is 0 Å². The molecule has 0 atom stereocenters. The van der Waals surface area contributed by atoms with E-state index in [0.717, 1.165) is 0 Å². The monoisotopic (exact) mass is 269 g/mol. The fraction of sp³-hybridized carbons (Fsp3) is 0.474. The zero-order valence-corrected chi connectivity index (χ0v) is 13.1. The molecule has 1 heterocycles. The second-order valence-corrected chi connectivity index (χ2v) is 5.66. The Hall–Kier alpha value is -1.50. The number of aromatic amines is 1. The molecular formula is C19H27N. The molecule has 1 nitrogen and oxygen atoms in total. The zero-order valence-electron chi connectivity index (χ0n) is 13.1. The molecule has 1 aromatic carbocycles. The zero-order chi connectivity index (χ0) is 14.4. The number of aromatic nitrogens is 1. The number of rotatable bonds is 7. The Balaban J connectivity index is 2.40. The summed E-state index contributed by atoms with van der Waals surface area (Å²) in [5, 5.41) is 0. The molecular weight excluding hydrogens is 242 g/mol. The summed E-state index contributed by atoms with van der Waals surface area (Å²) in [6, 6.07) is 10.8. The summed E-state index contributed by atoms with van der Waals surface area (Å²) in [5.74, 6) is 0. The van der Waals surface area contributed by atoms with Gasteiger partial charge >= 0.3 is 0 Å². The van der Waals surface area contributed by atoms with Crippen LogP contribution < -0.4 is 0 Å². The van der Waals surface area contributed by atoms with Crippen molar-refractivity contribution in [2.45, 2.75) is 59.3 Å². The van der Waals surface area contributed by atoms with E-state index in [9.17, 15) is 0 Å². The first-order chi connectivity index (χ1) is 9.77. The van der Waals surface area contributed by atoms with Crippen LogP contribution in [0.3, 0.4) is 0 Å². The second-order valence-electron chi connectivity index (χ2n) is 5.66. The quantitative estimate of drug-likeness (QED) is 0.666. The lowest BCUT2D eigenvalue weighted by Gasteiger charge is -2.08. The standard InChI is InChI=1S/C19H27N/c1-4-6-13-17-15(3)20-19(18(17)14-7-5-2)16-11-9-8-10-12-16/h8-12,20H,4-7,13-14H2,1-3H3. The molecule has 2 aromatic rings. The topological polar surface area (TPSA) is 15.8 Å². The van der Waals surface area contributed by atoms with Crippen LogP contribution in [0.5, 0.6) is 0 Å². The fourth-order valence-corrected chi connectivity index (χ4v) is 2.89. The number of H-pyrrole nitrogens is 1. The largest absolute Gasteiger partial charge is 0.358 e. The molecule has 1 N–H and O–H groups in total. The minimum Gasteiger partial charge on any atom is -0.358 e. The van der Waals surface area contributed by atoms with Crippen LogP contribution in [-0.2, 0) is 12.8 Å². The summed E-state index contributed by atoms with van der Waals surface area (Å²) in [5.41, 5.74) is 7.17. The molecule has 1 aromatic heterocycles. The molecule has 0 aliphatic rings. The molecule has 0 saturated carbocycles. The summed E-state index contributed by atoms with van der Waals surface area (Å²) in [6.07, 6.45) is 7.49. The van der Waals surface area contributed by atoms with Gasteiger partial charge in [0.1, 0.15) is 0 Å². The van der Waals surface area contributed by atoms with E-state index in [1.165, 1.54) is 55.5 Å². The third kappa shape index (κ3) is 3.33. The van der Waals surface area contributed by atoms with E-state index in [-0.39, 0.29) is 0 Å². The first-order valence-electron chi connectivity index (χ1n) is 8.03. The molecule has 0 radical (unpaired) electrons. The number of unbranched alkanes of at least 4 members (excludes halogenated alkanes) is 2. The molecule has 0 unspecified atom stereocenters. The third-order valence-corrected chi connectivity index (χ3v) is 4.05. The molecule has 20 heavy (non-hydrogen) atoms. The average molecular weight is 269 g/mol. The molecule has 0 aliphatic heterocycles. The van der Waals surface area contributed by atoms with E-state index in [1.54, 1.807) is 11.1 Å². The van der Waals surface area contributed by atoms with Crippen LogP contribution in [0.25, 0.3) is 11.3 Å². The van der Waals surface area contributed by atoms with Gasteiger partial charge in [-0.3, -0.25) is 0 Å². The van der Waals surface area contributed by atoms with Crippen molar-refractivity contribution in [3.8, 4) is 11.3 Å². The van der Waals surface area contributed by atoms with Gasteiger partial charge in [0.15, 0.2) is 0 Å². The molecule has 1 heteroatoms. The van der Waals surface area contributed by atoms with Crippen LogP contribution in [0.1, 0.15) is 56.4 Å². The minimum absolute atomic E-state index is 1.20. The maximum absolute atomic E-state index is 3.65. The lowest BCUT2D eigenvalue weighted by atomic mass is 9.96. The van der Waals surface area contributed by atoms with Crippen LogP contribution in [0.2, 0.25) is 0 Å². The minimum atomic E-state index is 1.20. The van der Waals surface area contributed by atoms with Gasteiger partial charge in [-0.2, -0.15) is 0 Å². The molecule has 0 spiro atoms. The van der Waals surface area contributed by atoms with Crippen LogP contribution in [0, 0.1) is 6.92 Å². The number of hydrogen-bond donors (Lipinski definition) is 1. The van der Waals surface area contributed by atoms with E-state index in [2.05, 4.69) is 56.1 Å². The lowest BCUT2D eigenvalue weighted by Crippen LogP contribution is -1.94. The third-order valence-electron chi connectivity index (χ3n) is 4.05. The van der Waals surface area contributed by atoms with Crippen LogP contribution in [0.15, 0.2) is 30.3 Å². The Bertz CT molecular complexity index is 522. The molecule has 2 rings (SSSR count). The van der Waals surface area contributed by atoms with Gasteiger partial charge in [0.25, 0.3) is 0 Å². The maximum Gasteiger partial charge on any atom is 0.0491 e. The van der Waals surface area contributed by atoms with Crippen LogP contribution in [-0.4, -0.2) is 4.98 Å². The average Bonchev–Trinajstić information content (AvgIpc) is 2.80. The number of aryl methyl sites for hydroxylation is 1. The van der Waals surface area contributed by atoms with E-state index < -0.39 is 0 Å². The van der Waals surface area contributed by atoms with Crippen molar-refractivity contribution in [3.63, 3.8) is 0 Å². The summed E-state index contributed by atoms with van der Waals surface area (Å²) in [7, 11) is 0. The molecule has 0 aliphatic carbocycles. The maximum atomic E-state index is 3.65. The summed E-state index contributed by atoms with van der Waals surface area (Å²) >= 11 is 0. The van der Waals surface area contributed by atoms with E-state index in [0.29, 0.717) is 0 Å². The summed E-state index contributed by atoms with van der Waals surface area (Å²) in [4.78, 5) is 3.65. The van der Waals surface area contributed by atoms with E-state index >= 15 is 0 Å². The Kier molecular flexibility index (Phi) is 5.46. The molecule has 0 bridgehead atoms. The predicted octanol–water partition coefficient (Wildman–Crippen LogP) is 5.68. The summed E-state index contributed by atoms with van der Waals surface area (Å²) < 4.78 is 0. The second kappa shape index (κ2) is 7.33. The van der Waals surface area contributed by atoms with Gasteiger partial charge in [0, 0.05) is 11.4 Å². The smallest absolute Gasteiger partial charge is 0.0491 e. The van der Waals surface area contributed by atoms with Crippen molar-refractivity contribution < 1.29 is 0 Å². The highest BCUT2D eigenvalue weighted by Gasteiger charge is 2.15.